The number of pyridine rings is 1. The van der Waals surface area contributed by atoms with Gasteiger partial charge < -0.3 is 9.47 Å². The average molecular weight is 380 g/mol. The molecule has 2 aromatic carbocycles. The second-order valence-electron chi connectivity index (χ2n) is 5.80. The van der Waals surface area contributed by atoms with Crippen molar-refractivity contribution in [2.24, 2.45) is 0 Å². The Kier molecular flexibility index (Phi) is 5.96. The number of aromatic nitrogens is 1. The van der Waals surface area contributed by atoms with Crippen molar-refractivity contribution in [2.75, 3.05) is 12.4 Å². The van der Waals surface area contributed by atoms with E-state index in [-0.39, 0.29) is 18.0 Å². The molecule has 0 aliphatic heterocycles. The smallest absolute Gasteiger partial charge is 0.412 e. The van der Waals surface area contributed by atoms with Crippen molar-refractivity contribution in [2.45, 2.75) is 6.61 Å². The van der Waals surface area contributed by atoms with Crippen LogP contribution in [0.4, 0.5) is 14.9 Å². The highest BCUT2D eigenvalue weighted by Gasteiger charge is 2.12. The molecule has 3 rings (SSSR count). The maximum atomic E-state index is 14.4. The Morgan fingerprint density at radius 2 is 1.79 bits per heavy atom. The number of carbonyl (C=O) groups excluding carboxylic acids is 2. The number of hydrogen-bond donors (Lipinski definition) is 1. The van der Waals surface area contributed by atoms with Crippen LogP contribution in [0.3, 0.4) is 0 Å². The molecular formula is C21H17FN2O4. The summed E-state index contributed by atoms with van der Waals surface area (Å²) >= 11 is 0. The van der Waals surface area contributed by atoms with E-state index in [0.29, 0.717) is 11.1 Å². The van der Waals surface area contributed by atoms with E-state index in [1.807, 2.05) is 30.3 Å². The van der Waals surface area contributed by atoms with E-state index in [1.54, 1.807) is 12.1 Å². The van der Waals surface area contributed by atoms with Crippen LogP contribution in [-0.4, -0.2) is 24.2 Å². The molecule has 0 saturated heterocycles. The fourth-order valence-corrected chi connectivity index (χ4v) is 2.49. The standard InChI is InChI=1S/C21H17FN2O4/c1-27-20(25)19-12-16(9-10-23-19)15-7-8-18(17(22)11-15)24-21(26)28-13-14-5-3-2-4-6-14/h2-12H,13H2,1H3,(H,24,26). The van der Waals surface area contributed by atoms with Gasteiger partial charge in [0.15, 0.2) is 0 Å². The second kappa shape index (κ2) is 8.77. The predicted octanol–water partition coefficient (Wildman–Crippen LogP) is 4.42. The summed E-state index contributed by atoms with van der Waals surface area (Å²) in [6.07, 6.45) is 0.680. The van der Waals surface area contributed by atoms with Crippen LogP contribution in [0.1, 0.15) is 16.1 Å². The topological polar surface area (TPSA) is 77.5 Å². The third-order valence-corrected chi connectivity index (χ3v) is 3.91. The van der Waals surface area contributed by atoms with E-state index in [2.05, 4.69) is 15.0 Å². The van der Waals surface area contributed by atoms with Crippen molar-refractivity contribution >= 4 is 17.7 Å². The molecular weight excluding hydrogens is 363 g/mol. The molecule has 142 valence electrons. The first kappa shape index (κ1) is 19.0. The fraction of sp³-hybridized carbons (Fsp3) is 0.0952. The highest BCUT2D eigenvalue weighted by Crippen LogP contribution is 2.25. The molecule has 1 N–H and O–H groups in total. The number of carbonyl (C=O) groups is 2. The molecule has 1 heterocycles. The van der Waals surface area contributed by atoms with Gasteiger partial charge in [0.05, 0.1) is 12.8 Å². The third kappa shape index (κ3) is 4.70. The first-order valence-electron chi connectivity index (χ1n) is 8.39. The van der Waals surface area contributed by atoms with Gasteiger partial charge in [0.1, 0.15) is 18.1 Å². The van der Waals surface area contributed by atoms with Gasteiger partial charge in [0.2, 0.25) is 0 Å². The molecule has 0 saturated carbocycles. The zero-order chi connectivity index (χ0) is 19.9. The minimum Gasteiger partial charge on any atom is -0.464 e. The van der Waals surface area contributed by atoms with E-state index in [0.717, 1.165) is 5.56 Å². The molecule has 6 nitrogen and oxygen atoms in total. The van der Waals surface area contributed by atoms with Gasteiger partial charge in [-0.25, -0.2) is 19.0 Å². The zero-order valence-corrected chi connectivity index (χ0v) is 15.0. The number of methoxy groups -OCH3 is 1. The summed E-state index contributed by atoms with van der Waals surface area (Å²) in [6, 6.07) is 16.6. The van der Waals surface area contributed by atoms with E-state index in [9.17, 15) is 14.0 Å². The zero-order valence-electron chi connectivity index (χ0n) is 15.0. The SMILES string of the molecule is COC(=O)c1cc(-c2ccc(NC(=O)OCc3ccccc3)c(F)c2)ccn1. The minimum absolute atomic E-state index is 0.0101. The molecule has 3 aromatic rings. The summed E-state index contributed by atoms with van der Waals surface area (Å²) < 4.78 is 24.1. The van der Waals surface area contributed by atoms with Crippen molar-refractivity contribution in [1.29, 1.82) is 0 Å². The first-order chi connectivity index (χ1) is 13.6. The van der Waals surface area contributed by atoms with E-state index >= 15 is 0 Å². The molecule has 0 aliphatic carbocycles. The molecule has 0 spiro atoms. The van der Waals surface area contributed by atoms with Crippen LogP contribution in [0.25, 0.3) is 11.1 Å². The van der Waals surface area contributed by atoms with Crippen LogP contribution in [0.5, 0.6) is 0 Å². The number of nitrogens with zero attached hydrogens (tertiary/aromatic N) is 1. The van der Waals surface area contributed by atoms with E-state index in [4.69, 9.17) is 4.74 Å². The Morgan fingerprint density at radius 3 is 2.50 bits per heavy atom. The number of anilines is 1. The number of benzene rings is 2. The number of rotatable bonds is 5. The van der Waals surface area contributed by atoms with Gasteiger partial charge in [-0.15, -0.1) is 0 Å². The van der Waals surface area contributed by atoms with Crippen LogP contribution < -0.4 is 5.32 Å². The van der Waals surface area contributed by atoms with Crippen LogP contribution in [0.2, 0.25) is 0 Å². The van der Waals surface area contributed by atoms with Gasteiger partial charge in [0.25, 0.3) is 0 Å². The largest absolute Gasteiger partial charge is 0.464 e. The highest BCUT2D eigenvalue weighted by molar-refractivity contribution is 5.89. The van der Waals surface area contributed by atoms with Crippen molar-refractivity contribution in [3.8, 4) is 11.1 Å². The number of halogens is 1. The van der Waals surface area contributed by atoms with Gasteiger partial charge in [-0.05, 0) is 41.0 Å². The Bertz CT molecular complexity index is 993. The molecule has 7 heteroatoms. The second-order valence-corrected chi connectivity index (χ2v) is 5.80. The van der Waals surface area contributed by atoms with Crippen LogP contribution in [-0.2, 0) is 16.1 Å². The van der Waals surface area contributed by atoms with Crippen molar-refractivity contribution in [1.82, 2.24) is 4.98 Å². The molecule has 0 bridgehead atoms. The average Bonchev–Trinajstić information content (AvgIpc) is 2.74. The Labute approximate surface area is 160 Å². The first-order valence-corrected chi connectivity index (χ1v) is 8.39. The summed E-state index contributed by atoms with van der Waals surface area (Å²) in [5.74, 6) is -1.22. The van der Waals surface area contributed by atoms with Crippen molar-refractivity contribution in [3.05, 3.63) is 83.9 Å². The molecule has 0 unspecified atom stereocenters. The summed E-state index contributed by atoms with van der Waals surface area (Å²) in [4.78, 5) is 27.4. The van der Waals surface area contributed by atoms with Crippen LogP contribution in [0, 0.1) is 5.82 Å². The lowest BCUT2D eigenvalue weighted by atomic mass is 10.1. The third-order valence-electron chi connectivity index (χ3n) is 3.91. The van der Waals surface area contributed by atoms with E-state index in [1.165, 1.54) is 31.5 Å². The van der Waals surface area contributed by atoms with Gasteiger partial charge in [-0.1, -0.05) is 36.4 Å². The predicted molar refractivity (Wildman–Crippen MR) is 101 cm³/mol. The fourth-order valence-electron chi connectivity index (χ4n) is 2.49. The minimum atomic E-state index is -0.757. The monoisotopic (exact) mass is 380 g/mol. The van der Waals surface area contributed by atoms with E-state index < -0.39 is 17.9 Å². The molecule has 0 atom stereocenters. The summed E-state index contributed by atoms with van der Waals surface area (Å²) in [7, 11) is 1.26. The Balaban J connectivity index is 1.68. The molecule has 1 aromatic heterocycles. The number of amides is 1. The summed E-state index contributed by atoms with van der Waals surface area (Å²) in [5.41, 5.74) is 2.05. The number of ether oxygens (including phenoxy) is 2. The normalized spacial score (nSPS) is 10.2. The quantitative estimate of drug-likeness (QED) is 0.663. The summed E-state index contributed by atoms with van der Waals surface area (Å²) in [6.45, 7) is 0.0830. The van der Waals surface area contributed by atoms with Gasteiger partial charge in [-0.2, -0.15) is 0 Å². The van der Waals surface area contributed by atoms with Crippen molar-refractivity contribution in [3.63, 3.8) is 0 Å². The molecule has 1 amide bonds. The summed E-state index contributed by atoms with van der Waals surface area (Å²) in [5, 5.41) is 2.38. The van der Waals surface area contributed by atoms with Gasteiger partial charge in [-0.3, -0.25) is 5.32 Å². The highest BCUT2D eigenvalue weighted by atomic mass is 19.1. The molecule has 0 aliphatic rings. The number of nitrogens with one attached hydrogen (secondary N) is 1. The number of hydrogen-bond acceptors (Lipinski definition) is 5. The molecule has 0 fully saturated rings. The maximum Gasteiger partial charge on any atom is 0.412 e. The lowest BCUT2D eigenvalue weighted by Crippen LogP contribution is -2.14. The van der Waals surface area contributed by atoms with Crippen LogP contribution in [0.15, 0.2) is 66.9 Å². The number of esters is 1. The Hall–Kier alpha value is -3.74. The maximum absolute atomic E-state index is 14.4. The van der Waals surface area contributed by atoms with Crippen molar-refractivity contribution < 1.29 is 23.5 Å². The lowest BCUT2D eigenvalue weighted by Gasteiger charge is -2.10. The van der Waals surface area contributed by atoms with Gasteiger partial charge >= 0.3 is 12.1 Å². The van der Waals surface area contributed by atoms with Gasteiger partial charge in [0, 0.05) is 6.20 Å². The molecule has 0 radical (unpaired) electrons. The van der Waals surface area contributed by atoms with Crippen LogP contribution >= 0.6 is 0 Å². The lowest BCUT2D eigenvalue weighted by molar-refractivity contribution is 0.0594. The Morgan fingerprint density at radius 1 is 1.04 bits per heavy atom. The molecule has 28 heavy (non-hydrogen) atoms.